The van der Waals surface area contributed by atoms with Gasteiger partial charge in [-0.3, -0.25) is 9.80 Å². The first kappa shape index (κ1) is 13.8. The summed E-state index contributed by atoms with van der Waals surface area (Å²) in [5.74, 6) is 0.442. The first-order valence-corrected chi connectivity index (χ1v) is 6.77. The van der Waals surface area contributed by atoms with Crippen LogP contribution in [-0.2, 0) is 0 Å². The van der Waals surface area contributed by atoms with Crippen LogP contribution in [-0.4, -0.2) is 45.8 Å². The quantitative estimate of drug-likeness (QED) is 0.824. The van der Waals surface area contributed by atoms with E-state index in [0.717, 1.165) is 19.5 Å². The third-order valence-corrected chi connectivity index (χ3v) is 3.43. The van der Waals surface area contributed by atoms with Gasteiger partial charge in [-0.1, -0.05) is 5.16 Å². The van der Waals surface area contributed by atoms with Gasteiger partial charge in [0, 0.05) is 19.6 Å². The maximum Gasteiger partial charge on any atom is 0.277 e. The molecule has 1 aromatic rings. The van der Waals surface area contributed by atoms with E-state index in [1.54, 1.807) is 18.9 Å². The van der Waals surface area contributed by atoms with Gasteiger partial charge in [-0.25, -0.2) is 5.01 Å². The molecule has 1 fully saturated rings. The van der Waals surface area contributed by atoms with E-state index in [1.165, 1.54) is 0 Å². The van der Waals surface area contributed by atoms with Crippen LogP contribution in [0.25, 0.3) is 0 Å². The Bertz CT molecular complexity index is 480. The summed E-state index contributed by atoms with van der Waals surface area (Å²) in [5.41, 5.74) is 1.15. The number of aromatic nitrogens is 1. The highest BCUT2D eigenvalue weighted by atomic mass is 32.1. The molecule has 1 amide bonds. The van der Waals surface area contributed by atoms with Crippen LogP contribution in [0.15, 0.2) is 4.52 Å². The van der Waals surface area contributed by atoms with Crippen LogP contribution in [0.4, 0.5) is 0 Å². The summed E-state index contributed by atoms with van der Waals surface area (Å²) < 4.78 is 5.05. The maximum atomic E-state index is 12.6. The van der Waals surface area contributed by atoms with E-state index in [0.29, 0.717) is 28.7 Å². The van der Waals surface area contributed by atoms with Crippen molar-refractivity contribution >= 4 is 23.2 Å². The van der Waals surface area contributed by atoms with E-state index in [-0.39, 0.29) is 5.91 Å². The highest BCUT2D eigenvalue weighted by Crippen LogP contribution is 2.20. The molecule has 0 atom stereocenters. The van der Waals surface area contributed by atoms with Crippen LogP contribution >= 0.6 is 12.2 Å². The van der Waals surface area contributed by atoms with Gasteiger partial charge in [-0.2, -0.15) is 0 Å². The maximum absolute atomic E-state index is 12.6. The van der Waals surface area contributed by atoms with E-state index >= 15 is 0 Å². The number of nitrogens with zero attached hydrogens (tertiary/aromatic N) is 3. The van der Waals surface area contributed by atoms with Crippen LogP contribution in [0.2, 0.25) is 0 Å². The lowest BCUT2D eigenvalue weighted by Crippen LogP contribution is -2.49. The average molecular weight is 282 g/mol. The topological polar surface area (TPSA) is 61.6 Å². The number of carbonyl (C=O) groups excluding carboxylic acids is 1. The molecule has 104 valence electrons. The molecule has 19 heavy (non-hydrogen) atoms. The van der Waals surface area contributed by atoms with E-state index in [4.69, 9.17) is 16.7 Å². The van der Waals surface area contributed by atoms with E-state index in [2.05, 4.69) is 10.5 Å². The number of hydrogen-bond acceptors (Lipinski definition) is 4. The molecule has 1 saturated heterocycles. The molecule has 1 N–H and O–H groups in total. The summed E-state index contributed by atoms with van der Waals surface area (Å²) in [7, 11) is 0. The molecule has 2 rings (SSSR count). The van der Waals surface area contributed by atoms with Crippen LogP contribution in [0, 0.1) is 13.8 Å². The van der Waals surface area contributed by atoms with Gasteiger partial charge in [-0.05, 0) is 39.4 Å². The van der Waals surface area contributed by atoms with E-state index in [1.807, 2.05) is 11.9 Å². The van der Waals surface area contributed by atoms with Gasteiger partial charge in [0.05, 0.1) is 5.69 Å². The molecule has 1 aromatic heterocycles. The molecule has 0 spiro atoms. The Morgan fingerprint density at radius 1 is 1.42 bits per heavy atom. The molecular weight excluding hydrogens is 264 g/mol. The molecule has 7 heteroatoms. The minimum atomic E-state index is -0.103. The number of aryl methyl sites for hydroxylation is 2. The Labute approximate surface area is 117 Å². The zero-order valence-electron chi connectivity index (χ0n) is 11.4. The lowest BCUT2D eigenvalue weighted by molar-refractivity contribution is 0.0489. The van der Waals surface area contributed by atoms with Crippen molar-refractivity contribution in [2.24, 2.45) is 0 Å². The number of carbonyl (C=O) groups is 1. The third kappa shape index (κ3) is 2.56. The van der Waals surface area contributed by atoms with Gasteiger partial charge < -0.3 is 9.84 Å². The highest BCUT2D eigenvalue weighted by Gasteiger charge is 2.32. The number of nitrogens with one attached hydrogen (secondary N) is 1. The second-order valence-electron chi connectivity index (χ2n) is 4.44. The molecule has 1 aliphatic rings. The molecule has 2 heterocycles. The fourth-order valence-electron chi connectivity index (χ4n) is 2.19. The number of thiocarbonyl (C=S) groups is 1. The molecule has 0 aromatic carbocycles. The number of amides is 1. The van der Waals surface area contributed by atoms with Crippen molar-refractivity contribution in [2.75, 3.05) is 19.6 Å². The molecule has 0 aliphatic carbocycles. The van der Waals surface area contributed by atoms with Crippen molar-refractivity contribution < 1.29 is 9.32 Å². The monoisotopic (exact) mass is 282 g/mol. The SMILES string of the molecule is CCNC(=S)N1CCCN1C(=O)c1c(C)noc1C. The van der Waals surface area contributed by atoms with Crippen molar-refractivity contribution in [2.45, 2.75) is 27.2 Å². The molecule has 0 bridgehead atoms. The number of rotatable bonds is 2. The van der Waals surface area contributed by atoms with Gasteiger partial charge in [0.1, 0.15) is 11.3 Å². The normalized spacial score (nSPS) is 14.9. The minimum absolute atomic E-state index is 0.103. The largest absolute Gasteiger partial charge is 0.361 e. The molecule has 1 aliphatic heterocycles. The van der Waals surface area contributed by atoms with Gasteiger partial charge in [-0.15, -0.1) is 0 Å². The van der Waals surface area contributed by atoms with Gasteiger partial charge in [0.25, 0.3) is 5.91 Å². The van der Waals surface area contributed by atoms with Crippen LogP contribution in [0.5, 0.6) is 0 Å². The third-order valence-electron chi connectivity index (χ3n) is 3.08. The van der Waals surface area contributed by atoms with Crippen LogP contribution in [0.3, 0.4) is 0 Å². The van der Waals surface area contributed by atoms with Crippen molar-refractivity contribution in [3.63, 3.8) is 0 Å². The molecule has 0 unspecified atom stereocenters. The fourth-order valence-corrected chi connectivity index (χ4v) is 2.53. The van der Waals surface area contributed by atoms with Crippen LogP contribution < -0.4 is 5.32 Å². The zero-order chi connectivity index (χ0) is 14.0. The summed E-state index contributed by atoms with van der Waals surface area (Å²) in [4.78, 5) is 12.6. The van der Waals surface area contributed by atoms with Gasteiger partial charge >= 0.3 is 0 Å². The summed E-state index contributed by atoms with van der Waals surface area (Å²) >= 11 is 5.29. The summed E-state index contributed by atoms with van der Waals surface area (Å²) in [5, 5.41) is 11.0. The molecule has 0 saturated carbocycles. The second-order valence-corrected chi connectivity index (χ2v) is 4.83. The first-order valence-electron chi connectivity index (χ1n) is 6.36. The predicted octanol–water partition coefficient (Wildman–Crippen LogP) is 1.25. The van der Waals surface area contributed by atoms with Crippen LogP contribution in [0.1, 0.15) is 35.2 Å². The van der Waals surface area contributed by atoms with Crippen molar-refractivity contribution in [1.82, 2.24) is 20.5 Å². The molecule has 0 radical (unpaired) electrons. The smallest absolute Gasteiger partial charge is 0.277 e. The van der Waals surface area contributed by atoms with Gasteiger partial charge in [0.15, 0.2) is 5.11 Å². The predicted molar refractivity (Wildman–Crippen MR) is 74.6 cm³/mol. The number of hydrogen-bond donors (Lipinski definition) is 1. The van der Waals surface area contributed by atoms with E-state index in [9.17, 15) is 4.79 Å². The Kier molecular flexibility index (Phi) is 4.04. The van der Waals surface area contributed by atoms with Crippen molar-refractivity contribution in [3.8, 4) is 0 Å². The Balaban J connectivity index is 2.21. The average Bonchev–Trinajstić information content (AvgIpc) is 2.96. The Hall–Kier alpha value is -1.63. The van der Waals surface area contributed by atoms with E-state index < -0.39 is 0 Å². The Morgan fingerprint density at radius 2 is 2.11 bits per heavy atom. The lowest BCUT2D eigenvalue weighted by atomic mass is 10.2. The second kappa shape index (κ2) is 5.56. The number of hydrazine groups is 1. The lowest BCUT2D eigenvalue weighted by Gasteiger charge is -2.29. The molecule has 6 nitrogen and oxygen atoms in total. The summed E-state index contributed by atoms with van der Waals surface area (Å²) in [6.45, 7) is 7.64. The zero-order valence-corrected chi connectivity index (χ0v) is 12.2. The van der Waals surface area contributed by atoms with Gasteiger partial charge in [0.2, 0.25) is 0 Å². The molecular formula is C12H18N4O2S. The standard InChI is InChI=1S/C12H18N4O2S/c1-4-13-12(19)16-7-5-6-15(16)11(17)10-8(2)14-18-9(10)3/h4-7H2,1-3H3,(H,13,19). The highest BCUT2D eigenvalue weighted by molar-refractivity contribution is 7.80. The first-order chi connectivity index (χ1) is 9.06. The Morgan fingerprint density at radius 3 is 2.68 bits per heavy atom. The minimum Gasteiger partial charge on any atom is -0.361 e. The fraction of sp³-hybridized carbons (Fsp3) is 0.583. The summed E-state index contributed by atoms with van der Waals surface area (Å²) in [6, 6.07) is 0. The summed E-state index contributed by atoms with van der Waals surface area (Å²) in [6.07, 6.45) is 0.903. The van der Waals surface area contributed by atoms with Crippen molar-refractivity contribution in [1.29, 1.82) is 0 Å². The van der Waals surface area contributed by atoms with Crippen molar-refractivity contribution in [3.05, 3.63) is 17.0 Å².